The number of carbonyl (C=O) groups is 1. The van der Waals surface area contributed by atoms with Crippen molar-refractivity contribution in [1.82, 2.24) is 4.90 Å². The highest BCUT2D eigenvalue weighted by Gasteiger charge is 2.34. The average molecular weight is 256 g/mol. The summed E-state index contributed by atoms with van der Waals surface area (Å²) in [7, 11) is 0. The van der Waals surface area contributed by atoms with Crippen LogP contribution in [-0.2, 0) is 4.79 Å². The Bertz CT molecular complexity index is 258. The van der Waals surface area contributed by atoms with Crippen LogP contribution in [0.15, 0.2) is 0 Å². The van der Waals surface area contributed by atoms with E-state index in [1.54, 1.807) is 4.90 Å². The highest BCUT2D eigenvalue weighted by molar-refractivity contribution is 5.79. The molecule has 0 bridgehead atoms. The maximum absolute atomic E-state index is 12.5. The second kappa shape index (κ2) is 7.74. The lowest BCUT2D eigenvalue weighted by Gasteiger charge is -2.36. The Morgan fingerprint density at radius 1 is 1.39 bits per heavy atom. The number of amides is 1. The standard InChI is InChI=1S/C14H28N2O2/c1-3-4-8-16(9-10-17)14(18)12-7-5-6-11(2)13(12)15/h11-13,17H,3-10,15H2,1-2H3. The number of unbranched alkanes of at least 4 members (excludes halogenated alkanes) is 1. The van der Waals surface area contributed by atoms with Crippen molar-refractivity contribution >= 4 is 5.91 Å². The number of nitrogens with zero attached hydrogens (tertiary/aromatic N) is 1. The summed E-state index contributed by atoms with van der Waals surface area (Å²) in [6.07, 6.45) is 5.16. The third-order valence-electron chi connectivity index (χ3n) is 4.08. The lowest BCUT2D eigenvalue weighted by molar-refractivity contribution is -0.138. The summed E-state index contributed by atoms with van der Waals surface area (Å²) >= 11 is 0. The molecule has 3 unspecified atom stereocenters. The molecule has 1 amide bonds. The summed E-state index contributed by atoms with van der Waals surface area (Å²) in [6, 6.07) is -0.0194. The molecule has 0 aromatic carbocycles. The molecule has 1 aliphatic carbocycles. The first kappa shape index (κ1) is 15.4. The molecular weight excluding hydrogens is 228 g/mol. The fourth-order valence-corrected chi connectivity index (χ4v) is 2.77. The molecule has 1 saturated carbocycles. The van der Waals surface area contributed by atoms with Crippen LogP contribution < -0.4 is 5.73 Å². The Balaban J connectivity index is 2.62. The van der Waals surface area contributed by atoms with Crippen molar-refractivity contribution in [1.29, 1.82) is 0 Å². The van der Waals surface area contributed by atoms with E-state index in [9.17, 15) is 4.79 Å². The van der Waals surface area contributed by atoms with E-state index >= 15 is 0 Å². The minimum Gasteiger partial charge on any atom is -0.395 e. The second-order valence-electron chi connectivity index (χ2n) is 5.49. The van der Waals surface area contributed by atoms with Gasteiger partial charge < -0.3 is 15.7 Å². The zero-order valence-electron chi connectivity index (χ0n) is 11.8. The van der Waals surface area contributed by atoms with E-state index in [1.165, 1.54) is 0 Å². The third-order valence-corrected chi connectivity index (χ3v) is 4.08. The molecule has 3 N–H and O–H groups in total. The van der Waals surface area contributed by atoms with Gasteiger partial charge in [-0.05, 0) is 25.2 Å². The number of nitrogens with two attached hydrogens (primary N) is 1. The number of carbonyl (C=O) groups excluding carboxylic acids is 1. The molecule has 18 heavy (non-hydrogen) atoms. The van der Waals surface area contributed by atoms with Crippen molar-refractivity contribution in [3.63, 3.8) is 0 Å². The summed E-state index contributed by atoms with van der Waals surface area (Å²) in [5.41, 5.74) is 6.18. The van der Waals surface area contributed by atoms with Crippen LogP contribution in [0, 0.1) is 11.8 Å². The van der Waals surface area contributed by atoms with Gasteiger partial charge >= 0.3 is 0 Å². The van der Waals surface area contributed by atoms with E-state index in [4.69, 9.17) is 10.8 Å². The highest BCUT2D eigenvalue weighted by Crippen LogP contribution is 2.29. The minimum absolute atomic E-state index is 0.0194. The van der Waals surface area contributed by atoms with Crippen LogP contribution in [0.1, 0.15) is 46.0 Å². The molecule has 106 valence electrons. The van der Waals surface area contributed by atoms with E-state index < -0.39 is 0 Å². The predicted octanol–water partition coefficient (Wildman–Crippen LogP) is 1.37. The van der Waals surface area contributed by atoms with Gasteiger partial charge in [-0.1, -0.05) is 26.7 Å². The van der Waals surface area contributed by atoms with Crippen LogP contribution in [-0.4, -0.2) is 41.7 Å². The second-order valence-corrected chi connectivity index (χ2v) is 5.49. The zero-order chi connectivity index (χ0) is 13.5. The van der Waals surface area contributed by atoms with Crippen molar-refractivity contribution in [3.8, 4) is 0 Å². The van der Waals surface area contributed by atoms with Crippen LogP contribution >= 0.6 is 0 Å². The Labute approximate surface area is 111 Å². The van der Waals surface area contributed by atoms with Gasteiger partial charge in [0.25, 0.3) is 0 Å². The van der Waals surface area contributed by atoms with Crippen molar-refractivity contribution in [2.75, 3.05) is 19.7 Å². The molecule has 0 spiro atoms. The molecule has 0 heterocycles. The summed E-state index contributed by atoms with van der Waals surface area (Å²) in [4.78, 5) is 14.3. The van der Waals surface area contributed by atoms with Crippen LogP contribution in [0.4, 0.5) is 0 Å². The first-order chi connectivity index (χ1) is 8.61. The minimum atomic E-state index is -0.0443. The molecule has 1 fully saturated rings. The van der Waals surface area contributed by atoms with Crippen LogP contribution in [0.25, 0.3) is 0 Å². The van der Waals surface area contributed by atoms with Crippen LogP contribution in [0.5, 0.6) is 0 Å². The van der Waals surface area contributed by atoms with Crippen molar-refractivity contribution < 1.29 is 9.90 Å². The summed E-state index contributed by atoms with van der Waals surface area (Å²) in [6.45, 7) is 5.46. The topological polar surface area (TPSA) is 66.6 Å². The molecule has 1 rings (SSSR count). The quantitative estimate of drug-likeness (QED) is 0.754. The zero-order valence-corrected chi connectivity index (χ0v) is 11.8. The maximum Gasteiger partial charge on any atom is 0.227 e. The molecule has 1 aliphatic rings. The van der Waals surface area contributed by atoms with E-state index in [0.717, 1.165) is 38.6 Å². The Morgan fingerprint density at radius 3 is 2.72 bits per heavy atom. The van der Waals surface area contributed by atoms with E-state index in [2.05, 4.69) is 13.8 Å². The van der Waals surface area contributed by atoms with Gasteiger partial charge in [-0.15, -0.1) is 0 Å². The molecule has 3 atom stereocenters. The molecular formula is C14H28N2O2. The fraction of sp³-hybridized carbons (Fsp3) is 0.929. The highest BCUT2D eigenvalue weighted by atomic mass is 16.3. The fourth-order valence-electron chi connectivity index (χ4n) is 2.77. The SMILES string of the molecule is CCCCN(CCO)C(=O)C1CCCC(C)C1N. The van der Waals surface area contributed by atoms with Crippen molar-refractivity contribution in [3.05, 3.63) is 0 Å². The molecule has 0 radical (unpaired) electrons. The van der Waals surface area contributed by atoms with Crippen molar-refractivity contribution in [2.45, 2.75) is 52.0 Å². The van der Waals surface area contributed by atoms with Gasteiger partial charge in [0, 0.05) is 19.1 Å². The number of aliphatic hydroxyl groups excluding tert-OH is 1. The van der Waals surface area contributed by atoms with Gasteiger partial charge in [0.1, 0.15) is 0 Å². The maximum atomic E-state index is 12.5. The number of hydrogen-bond acceptors (Lipinski definition) is 3. The molecule has 0 aliphatic heterocycles. The predicted molar refractivity (Wildman–Crippen MR) is 73.1 cm³/mol. The monoisotopic (exact) mass is 256 g/mol. The van der Waals surface area contributed by atoms with Gasteiger partial charge in [-0.3, -0.25) is 4.79 Å². The van der Waals surface area contributed by atoms with Gasteiger partial charge in [0.2, 0.25) is 5.91 Å². The van der Waals surface area contributed by atoms with Gasteiger partial charge in [-0.2, -0.15) is 0 Å². The van der Waals surface area contributed by atoms with Crippen molar-refractivity contribution in [2.24, 2.45) is 17.6 Å². The van der Waals surface area contributed by atoms with Crippen LogP contribution in [0.3, 0.4) is 0 Å². The van der Waals surface area contributed by atoms with E-state index in [-0.39, 0.29) is 24.5 Å². The molecule has 0 aromatic rings. The van der Waals surface area contributed by atoms with E-state index in [1.807, 2.05) is 0 Å². The Morgan fingerprint density at radius 2 is 2.11 bits per heavy atom. The molecule has 0 saturated heterocycles. The summed E-state index contributed by atoms with van der Waals surface area (Å²) in [5.74, 6) is 0.531. The largest absolute Gasteiger partial charge is 0.395 e. The Kier molecular flexibility index (Phi) is 6.65. The first-order valence-corrected chi connectivity index (χ1v) is 7.27. The van der Waals surface area contributed by atoms with Gasteiger partial charge in [0.15, 0.2) is 0 Å². The normalized spacial score (nSPS) is 28.1. The molecule has 0 aromatic heterocycles. The number of rotatable bonds is 6. The third kappa shape index (κ3) is 3.95. The smallest absolute Gasteiger partial charge is 0.227 e. The van der Waals surface area contributed by atoms with Crippen LogP contribution in [0.2, 0.25) is 0 Å². The Hall–Kier alpha value is -0.610. The number of hydrogen-bond donors (Lipinski definition) is 2. The van der Waals surface area contributed by atoms with Gasteiger partial charge in [0.05, 0.1) is 12.5 Å². The van der Waals surface area contributed by atoms with E-state index in [0.29, 0.717) is 12.5 Å². The molecule has 4 heteroatoms. The lowest BCUT2D eigenvalue weighted by Crippen LogP contribution is -2.49. The number of aliphatic hydroxyl groups is 1. The summed E-state index contributed by atoms with van der Waals surface area (Å²) in [5, 5.41) is 9.08. The lowest BCUT2D eigenvalue weighted by atomic mass is 9.77. The molecule has 4 nitrogen and oxygen atoms in total. The van der Waals surface area contributed by atoms with Gasteiger partial charge in [-0.25, -0.2) is 0 Å². The average Bonchev–Trinajstić information content (AvgIpc) is 2.37. The first-order valence-electron chi connectivity index (χ1n) is 7.27. The summed E-state index contributed by atoms with van der Waals surface area (Å²) < 4.78 is 0.